The quantitative estimate of drug-likeness (QED) is 0.265. The van der Waals surface area contributed by atoms with E-state index in [0.717, 1.165) is 45.5 Å². The Morgan fingerprint density at radius 2 is 1.71 bits per heavy atom. The first-order valence-electron chi connectivity index (χ1n) is 12.5. The Morgan fingerprint density at radius 3 is 2.49 bits per heavy atom. The Morgan fingerprint density at radius 1 is 0.914 bits per heavy atom. The van der Waals surface area contributed by atoms with E-state index in [9.17, 15) is 0 Å². The number of rotatable bonds is 3. The molecule has 0 saturated heterocycles. The van der Waals surface area contributed by atoms with Gasteiger partial charge in [-0.25, -0.2) is 9.97 Å². The van der Waals surface area contributed by atoms with Crippen molar-refractivity contribution in [3.8, 4) is 11.4 Å². The lowest BCUT2D eigenvalue weighted by molar-refractivity contribution is 0.334. The number of para-hydroxylation sites is 1. The molecule has 35 heavy (non-hydrogen) atoms. The molecule has 0 N–H and O–H groups in total. The Bertz CT molecular complexity index is 1750. The third-order valence-corrected chi connectivity index (χ3v) is 7.56. The van der Waals surface area contributed by atoms with Gasteiger partial charge in [0.2, 0.25) is 5.71 Å². The van der Waals surface area contributed by atoms with Crippen LogP contribution < -0.4 is 0 Å². The van der Waals surface area contributed by atoms with Gasteiger partial charge in [0.15, 0.2) is 0 Å². The predicted octanol–water partition coefficient (Wildman–Crippen LogP) is 8.63. The van der Waals surface area contributed by atoms with Gasteiger partial charge in [0, 0.05) is 34.3 Å². The first-order valence-corrected chi connectivity index (χ1v) is 12.5. The van der Waals surface area contributed by atoms with Crippen molar-refractivity contribution in [2.24, 2.45) is 5.41 Å². The number of fused-ring (bicyclic) bond motifs is 6. The minimum atomic E-state index is 0.130. The first-order chi connectivity index (χ1) is 16.8. The molecule has 6 aromatic rings. The zero-order chi connectivity index (χ0) is 24.5. The Labute approximate surface area is 205 Å². The number of pyridine rings is 1. The molecule has 176 valence electrons. The van der Waals surface area contributed by atoms with Gasteiger partial charge in [-0.1, -0.05) is 63.6 Å². The van der Waals surface area contributed by atoms with Crippen molar-refractivity contribution >= 4 is 43.9 Å². The van der Waals surface area contributed by atoms with Gasteiger partial charge in [0.1, 0.15) is 11.4 Å². The summed E-state index contributed by atoms with van der Waals surface area (Å²) in [7, 11) is 0. The zero-order valence-electron chi connectivity index (χ0n) is 21.3. The molecule has 4 heteroatoms. The van der Waals surface area contributed by atoms with Crippen LogP contribution in [0.2, 0.25) is 0 Å². The van der Waals surface area contributed by atoms with Crippen molar-refractivity contribution in [2.75, 3.05) is 0 Å². The lowest BCUT2D eigenvalue weighted by Gasteiger charge is -2.26. The van der Waals surface area contributed by atoms with E-state index in [1.54, 1.807) is 0 Å². The van der Waals surface area contributed by atoms with Crippen LogP contribution in [-0.4, -0.2) is 14.5 Å². The minimum Gasteiger partial charge on any atom is -0.437 e. The van der Waals surface area contributed by atoms with E-state index in [4.69, 9.17) is 14.4 Å². The standard InChI is InChI=1S/C31H31N3O/c1-7-34-27-24-17-18(2)11-12-20(24)13-15-26(27)32-29(34)23-10-8-9-21-22-14-16-25(19(3)31(4,5)6)33-30(22)35-28(21)23/h8-17,19H,7H2,1-6H3. The van der Waals surface area contributed by atoms with Crippen molar-refractivity contribution in [3.05, 3.63) is 71.9 Å². The minimum absolute atomic E-state index is 0.130. The summed E-state index contributed by atoms with van der Waals surface area (Å²) in [6.07, 6.45) is 0. The highest BCUT2D eigenvalue weighted by Crippen LogP contribution is 2.39. The molecule has 3 aromatic heterocycles. The van der Waals surface area contributed by atoms with Gasteiger partial charge >= 0.3 is 0 Å². The zero-order valence-corrected chi connectivity index (χ0v) is 21.3. The Hall–Kier alpha value is -3.66. The summed E-state index contributed by atoms with van der Waals surface area (Å²) >= 11 is 0. The summed E-state index contributed by atoms with van der Waals surface area (Å²) in [5.41, 5.74) is 7.18. The summed E-state index contributed by atoms with van der Waals surface area (Å²) in [6.45, 7) is 14.1. The molecule has 0 aliphatic rings. The number of furan rings is 1. The molecular weight excluding hydrogens is 430 g/mol. The van der Waals surface area contributed by atoms with E-state index in [2.05, 4.69) is 107 Å². The molecule has 3 heterocycles. The Balaban J connectivity index is 1.61. The van der Waals surface area contributed by atoms with Gasteiger partial charge in [0.25, 0.3) is 0 Å². The second kappa shape index (κ2) is 7.67. The first kappa shape index (κ1) is 21.8. The maximum absolute atomic E-state index is 6.48. The van der Waals surface area contributed by atoms with Crippen LogP contribution in [0.25, 0.3) is 55.3 Å². The number of hydrogen-bond donors (Lipinski definition) is 0. The highest BCUT2D eigenvalue weighted by molar-refractivity contribution is 6.10. The van der Waals surface area contributed by atoms with Crippen LogP contribution in [0.3, 0.4) is 0 Å². The van der Waals surface area contributed by atoms with E-state index in [1.165, 1.54) is 21.9 Å². The summed E-state index contributed by atoms with van der Waals surface area (Å²) in [5.74, 6) is 1.25. The van der Waals surface area contributed by atoms with Crippen LogP contribution in [0.4, 0.5) is 0 Å². The highest BCUT2D eigenvalue weighted by Gasteiger charge is 2.24. The molecular formula is C31H31N3O. The molecule has 0 fully saturated rings. The van der Waals surface area contributed by atoms with Crippen molar-refractivity contribution in [2.45, 2.75) is 54.0 Å². The van der Waals surface area contributed by atoms with Gasteiger partial charge in [-0.3, -0.25) is 0 Å². The lowest BCUT2D eigenvalue weighted by atomic mass is 9.80. The molecule has 1 unspecified atom stereocenters. The van der Waals surface area contributed by atoms with Crippen LogP contribution in [0.15, 0.2) is 65.1 Å². The normalized spacial score (nSPS) is 13.4. The van der Waals surface area contributed by atoms with E-state index in [-0.39, 0.29) is 5.41 Å². The lowest BCUT2D eigenvalue weighted by Crippen LogP contribution is -2.16. The van der Waals surface area contributed by atoms with E-state index < -0.39 is 0 Å². The molecule has 0 spiro atoms. The molecule has 3 aromatic carbocycles. The molecule has 0 aliphatic carbocycles. The molecule has 0 bridgehead atoms. The largest absolute Gasteiger partial charge is 0.437 e. The topological polar surface area (TPSA) is 43.9 Å². The van der Waals surface area contributed by atoms with Crippen molar-refractivity contribution in [3.63, 3.8) is 0 Å². The average molecular weight is 462 g/mol. The van der Waals surface area contributed by atoms with E-state index >= 15 is 0 Å². The van der Waals surface area contributed by atoms with Crippen molar-refractivity contribution in [1.29, 1.82) is 0 Å². The number of imidazole rings is 1. The van der Waals surface area contributed by atoms with E-state index in [1.807, 2.05) is 0 Å². The second-order valence-electron chi connectivity index (χ2n) is 10.8. The smallest absolute Gasteiger partial charge is 0.227 e. The number of aromatic nitrogens is 3. The molecule has 0 radical (unpaired) electrons. The monoisotopic (exact) mass is 461 g/mol. The summed E-state index contributed by atoms with van der Waals surface area (Å²) in [5, 5.41) is 4.60. The predicted molar refractivity (Wildman–Crippen MR) is 146 cm³/mol. The molecule has 6 rings (SSSR count). The van der Waals surface area contributed by atoms with Gasteiger partial charge in [0.05, 0.1) is 16.6 Å². The maximum Gasteiger partial charge on any atom is 0.227 e. The third kappa shape index (κ3) is 3.35. The second-order valence-corrected chi connectivity index (χ2v) is 10.8. The molecule has 0 saturated carbocycles. The van der Waals surface area contributed by atoms with Crippen LogP contribution in [-0.2, 0) is 6.54 Å². The third-order valence-electron chi connectivity index (χ3n) is 7.56. The number of hydrogen-bond acceptors (Lipinski definition) is 3. The van der Waals surface area contributed by atoms with Crippen LogP contribution in [0.1, 0.15) is 51.8 Å². The van der Waals surface area contributed by atoms with Crippen LogP contribution >= 0.6 is 0 Å². The fourth-order valence-corrected chi connectivity index (χ4v) is 5.13. The average Bonchev–Trinajstić information content (AvgIpc) is 3.40. The molecule has 0 aliphatic heterocycles. The van der Waals surface area contributed by atoms with E-state index in [0.29, 0.717) is 11.6 Å². The summed E-state index contributed by atoms with van der Waals surface area (Å²) in [6, 6.07) is 21.6. The maximum atomic E-state index is 6.48. The fraction of sp³-hybridized carbons (Fsp3) is 0.290. The molecule has 1 atom stereocenters. The summed E-state index contributed by atoms with van der Waals surface area (Å²) in [4.78, 5) is 10.1. The highest BCUT2D eigenvalue weighted by atomic mass is 16.3. The SMILES string of the molecule is CCn1c(-c2cccc3c2oc2nc(C(C)C(C)(C)C)ccc23)nc2ccc3ccc(C)cc3c21. The van der Waals surface area contributed by atoms with Crippen LogP contribution in [0, 0.1) is 12.3 Å². The fourth-order valence-electron chi connectivity index (χ4n) is 5.13. The van der Waals surface area contributed by atoms with Gasteiger partial charge in [-0.15, -0.1) is 0 Å². The molecule has 4 nitrogen and oxygen atoms in total. The van der Waals surface area contributed by atoms with Crippen LogP contribution in [0.5, 0.6) is 0 Å². The number of aryl methyl sites for hydroxylation is 2. The molecule has 0 amide bonds. The Kier molecular flexibility index (Phi) is 4.79. The van der Waals surface area contributed by atoms with Crippen molar-refractivity contribution < 1.29 is 4.42 Å². The summed E-state index contributed by atoms with van der Waals surface area (Å²) < 4.78 is 8.80. The number of benzene rings is 3. The van der Waals surface area contributed by atoms with Crippen molar-refractivity contribution in [1.82, 2.24) is 14.5 Å². The number of nitrogens with zero attached hydrogens (tertiary/aromatic N) is 3. The van der Waals surface area contributed by atoms with Gasteiger partial charge in [-0.05, 0) is 55.0 Å². The van der Waals surface area contributed by atoms with Gasteiger partial charge < -0.3 is 8.98 Å². The van der Waals surface area contributed by atoms with Gasteiger partial charge in [-0.2, -0.15) is 0 Å².